The van der Waals surface area contributed by atoms with Gasteiger partial charge in [0.25, 0.3) is 0 Å². The Kier molecular flexibility index (Phi) is 6.81. The molecule has 0 unspecified atom stereocenters. The van der Waals surface area contributed by atoms with Gasteiger partial charge in [-0.15, -0.1) is 0 Å². The lowest BCUT2D eigenvalue weighted by atomic mass is 10.0. The van der Waals surface area contributed by atoms with Crippen molar-refractivity contribution in [3.63, 3.8) is 0 Å². The van der Waals surface area contributed by atoms with Crippen LogP contribution in [0.2, 0.25) is 0 Å². The molecule has 190 valence electrons. The Balaban J connectivity index is 1.60. The highest BCUT2D eigenvalue weighted by Crippen LogP contribution is 2.43. The van der Waals surface area contributed by atoms with Crippen LogP contribution in [-0.2, 0) is 16.6 Å². The number of benzene rings is 1. The third-order valence-electron chi connectivity index (χ3n) is 6.10. The quantitative estimate of drug-likeness (QED) is 0.329. The molecule has 2 N–H and O–H groups in total. The molecule has 4 heterocycles. The highest BCUT2D eigenvalue weighted by molar-refractivity contribution is 7.92. The number of rotatable bonds is 8. The van der Waals surface area contributed by atoms with E-state index in [0.717, 1.165) is 28.9 Å². The molecule has 0 bridgehead atoms. The minimum absolute atomic E-state index is 0.226. The SMILES string of the molecule is COc1cc(N2C(=S)N[C@H](c3ccccn3)[C@H]2c2cccn2Cc2cccnc2)ccc1NS(C)(=O)=O. The number of sulfonamides is 1. The van der Waals surface area contributed by atoms with Gasteiger partial charge >= 0.3 is 0 Å². The van der Waals surface area contributed by atoms with Crippen molar-refractivity contribution in [2.45, 2.75) is 18.6 Å². The molecule has 0 aliphatic carbocycles. The van der Waals surface area contributed by atoms with Crippen LogP contribution in [0.15, 0.2) is 85.5 Å². The normalized spacial score (nSPS) is 17.5. The van der Waals surface area contributed by atoms with Crippen molar-refractivity contribution >= 4 is 38.7 Å². The summed E-state index contributed by atoms with van der Waals surface area (Å²) in [5, 5.41) is 3.98. The number of hydrogen-bond acceptors (Lipinski definition) is 6. The predicted octanol–water partition coefficient (Wildman–Crippen LogP) is 3.88. The van der Waals surface area contributed by atoms with Crippen molar-refractivity contribution in [1.29, 1.82) is 0 Å². The molecule has 1 aliphatic heterocycles. The van der Waals surface area contributed by atoms with Crippen molar-refractivity contribution in [2.75, 3.05) is 23.0 Å². The zero-order valence-electron chi connectivity index (χ0n) is 20.3. The predicted molar refractivity (Wildman–Crippen MR) is 147 cm³/mol. The number of nitrogens with zero attached hydrogens (tertiary/aromatic N) is 4. The minimum Gasteiger partial charge on any atom is -0.494 e. The summed E-state index contributed by atoms with van der Waals surface area (Å²) in [5.41, 5.74) is 4.07. The van der Waals surface area contributed by atoms with E-state index in [1.165, 1.54) is 7.11 Å². The number of ether oxygens (including phenoxy) is 1. The molecule has 37 heavy (non-hydrogen) atoms. The molecule has 0 saturated carbocycles. The summed E-state index contributed by atoms with van der Waals surface area (Å²) < 4.78 is 33.9. The number of methoxy groups -OCH3 is 1. The van der Waals surface area contributed by atoms with Gasteiger partial charge in [-0.2, -0.15) is 0 Å². The molecular weight excluding hydrogens is 508 g/mol. The zero-order chi connectivity index (χ0) is 26.0. The molecule has 4 aromatic rings. The van der Waals surface area contributed by atoms with Crippen LogP contribution in [0.1, 0.15) is 29.0 Å². The molecular formula is C26H26N6O3S2. The van der Waals surface area contributed by atoms with E-state index in [2.05, 4.69) is 30.6 Å². The fourth-order valence-electron chi connectivity index (χ4n) is 4.58. The second kappa shape index (κ2) is 10.2. The molecule has 2 atom stereocenters. The summed E-state index contributed by atoms with van der Waals surface area (Å²) in [7, 11) is -1.98. The Morgan fingerprint density at radius 3 is 2.68 bits per heavy atom. The van der Waals surface area contributed by atoms with Gasteiger partial charge in [0.2, 0.25) is 10.0 Å². The monoisotopic (exact) mass is 534 g/mol. The van der Waals surface area contributed by atoms with Crippen LogP contribution in [0.3, 0.4) is 0 Å². The molecule has 1 aliphatic rings. The van der Waals surface area contributed by atoms with Gasteiger partial charge in [-0.25, -0.2) is 8.42 Å². The van der Waals surface area contributed by atoms with Gasteiger partial charge in [0.1, 0.15) is 11.8 Å². The van der Waals surface area contributed by atoms with Crippen LogP contribution in [0.4, 0.5) is 11.4 Å². The third kappa shape index (κ3) is 5.27. The summed E-state index contributed by atoms with van der Waals surface area (Å²) in [6.45, 7) is 0.642. The molecule has 1 aromatic carbocycles. The average molecular weight is 535 g/mol. The summed E-state index contributed by atoms with van der Waals surface area (Å²) in [6.07, 6.45) is 8.52. The molecule has 5 rings (SSSR count). The second-order valence-electron chi connectivity index (χ2n) is 8.68. The zero-order valence-corrected chi connectivity index (χ0v) is 21.9. The van der Waals surface area contributed by atoms with Crippen LogP contribution < -0.4 is 19.7 Å². The lowest BCUT2D eigenvalue weighted by Gasteiger charge is -2.29. The van der Waals surface area contributed by atoms with E-state index < -0.39 is 10.0 Å². The number of anilines is 2. The van der Waals surface area contributed by atoms with E-state index in [1.54, 1.807) is 24.5 Å². The first-order valence-corrected chi connectivity index (χ1v) is 13.8. The summed E-state index contributed by atoms with van der Waals surface area (Å²) in [4.78, 5) is 10.9. The van der Waals surface area contributed by atoms with Crippen LogP contribution in [0.25, 0.3) is 0 Å². The number of aromatic nitrogens is 3. The van der Waals surface area contributed by atoms with Gasteiger partial charge in [0.05, 0.1) is 30.8 Å². The van der Waals surface area contributed by atoms with Crippen LogP contribution >= 0.6 is 12.2 Å². The molecule has 9 nitrogen and oxygen atoms in total. The van der Waals surface area contributed by atoms with E-state index >= 15 is 0 Å². The Bertz CT molecular complexity index is 1510. The van der Waals surface area contributed by atoms with E-state index in [0.29, 0.717) is 23.1 Å². The number of hydrogen-bond donors (Lipinski definition) is 2. The standard InChI is InChI=1S/C26H26N6O3S2/c1-35-23-15-19(10-11-20(23)30-37(2,33)34)32-25(24(29-26(32)36)21-8-3-4-13-28-21)22-9-6-14-31(22)17-18-7-5-12-27-16-18/h3-16,24-25,30H,17H2,1-2H3,(H,29,36)/t24-,25-/m1/s1. The van der Waals surface area contributed by atoms with Gasteiger partial charge in [0, 0.05) is 48.8 Å². The van der Waals surface area contributed by atoms with Gasteiger partial charge in [-0.3, -0.25) is 14.7 Å². The van der Waals surface area contributed by atoms with Crippen molar-refractivity contribution < 1.29 is 13.2 Å². The first-order valence-electron chi connectivity index (χ1n) is 11.5. The lowest BCUT2D eigenvalue weighted by Crippen LogP contribution is -2.30. The molecule has 0 spiro atoms. The highest BCUT2D eigenvalue weighted by atomic mass is 32.2. The molecule has 0 amide bonds. The third-order valence-corrected chi connectivity index (χ3v) is 7.01. The first-order chi connectivity index (χ1) is 17.8. The lowest BCUT2D eigenvalue weighted by molar-refractivity contribution is 0.417. The van der Waals surface area contributed by atoms with Crippen molar-refractivity contribution in [2.24, 2.45) is 0 Å². The average Bonchev–Trinajstić information content (AvgIpc) is 3.48. The summed E-state index contributed by atoms with van der Waals surface area (Å²) in [5.74, 6) is 0.386. The maximum atomic E-state index is 11.8. The molecule has 3 aromatic heterocycles. The topological polar surface area (TPSA) is 101 Å². The highest BCUT2D eigenvalue weighted by Gasteiger charge is 2.42. The van der Waals surface area contributed by atoms with Crippen LogP contribution in [-0.4, -0.2) is 41.4 Å². The number of thiocarbonyl (C=S) groups is 1. The van der Waals surface area contributed by atoms with Crippen molar-refractivity contribution in [3.8, 4) is 5.75 Å². The number of pyridine rings is 2. The van der Waals surface area contributed by atoms with Crippen LogP contribution in [0.5, 0.6) is 5.75 Å². The maximum absolute atomic E-state index is 11.8. The van der Waals surface area contributed by atoms with Crippen molar-refractivity contribution in [3.05, 3.63) is 102 Å². The summed E-state index contributed by atoms with van der Waals surface area (Å²) >= 11 is 5.84. The number of nitrogens with one attached hydrogen (secondary N) is 2. The van der Waals surface area contributed by atoms with Gasteiger partial charge in [-0.05, 0) is 60.2 Å². The fourth-order valence-corrected chi connectivity index (χ4v) is 5.49. The van der Waals surface area contributed by atoms with E-state index in [9.17, 15) is 8.42 Å². The second-order valence-corrected chi connectivity index (χ2v) is 10.8. The Labute approximate surface area is 221 Å². The maximum Gasteiger partial charge on any atom is 0.229 e. The van der Waals surface area contributed by atoms with E-state index in [4.69, 9.17) is 17.0 Å². The van der Waals surface area contributed by atoms with Crippen LogP contribution in [0, 0.1) is 0 Å². The first kappa shape index (κ1) is 24.7. The largest absolute Gasteiger partial charge is 0.494 e. The van der Waals surface area contributed by atoms with Gasteiger partial charge in [-0.1, -0.05) is 12.1 Å². The van der Waals surface area contributed by atoms with E-state index in [1.807, 2.05) is 59.8 Å². The summed E-state index contributed by atoms with van der Waals surface area (Å²) in [6, 6.07) is 18.7. The van der Waals surface area contributed by atoms with Gasteiger partial charge in [0.15, 0.2) is 5.11 Å². The fraction of sp³-hybridized carbons (Fsp3) is 0.192. The molecule has 0 radical (unpaired) electrons. The smallest absolute Gasteiger partial charge is 0.229 e. The molecule has 11 heteroatoms. The van der Waals surface area contributed by atoms with Crippen molar-refractivity contribution in [1.82, 2.24) is 19.9 Å². The molecule has 1 saturated heterocycles. The van der Waals surface area contributed by atoms with E-state index in [-0.39, 0.29) is 12.1 Å². The Morgan fingerprint density at radius 2 is 1.97 bits per heavy atom. The Morgan fingerprint density at radius 1 is 1.11 bits per heavy atom. The molecule has 1 fully saturated rings. The van der Waals surface area contributed by atoms with Gasteiger partial charge < -0.3 is 19.5 Å². The Hall–Kier alpha value is -3.96. The minimum atomic E-state index is -3.48.